The van der Waals surface area contributed by atoms with Gasteiger partial charge in [0.1, 0.15) is 12.2 Å². The molecule has 0 aliphatic carbocycles. The number of carbonyl (C=O) groups is 1. The molecule has 4 nitrogen and oxygen atoms in total. The van der Waals surface area contributed by atoms with Crippen LogP contribution in [0.4, 0.5) is 0 Å². The smallest absolute Gasteiger partial charge is 0.345 e. The van der Waals surface area contributed by atoms with Gasteiger partial charge in [-0.25, -0.2) is 4.79 Å². The number of nitrogens with zero attached hydrogens (tertiary/aromatic N) is 1. The molecule has 0 saturated carbocycles. The van der Waals surface area contributed by atoms with Gasteiger partial charge >= 0.3 is 5.97 Å². The minimum atomic E-state index is -0.372. The van der Waals surface area contributed by atoms with Gasteiger partial charge in [-0.05, 0) is 0 Å². The SMILES string of the molecule is O=C1OCc2cc[n+](O)cc21. The Morgan fingerprint density at radius 2 is 2.45 bits per heavy atom. The van der Waals surface area contributed by atoms with Crippen LogP contribution in [-0.2, 0) is 11.3 Å². The average Bonchev–Trinajstić information content (AvgIpc) is 2.33. The third-order valence-electron chi connectivity index (χ3n) is 1.61. The molecular formula is C7H6NO3+. The fourth-order valence-corrected chi connectivity index (χ4v) is 1.05. The van der Waals surface area contributed by atoms with Crippen LogP contribution in [0.2, 0.25) is 0 Å². The minimum absolute atomic E-state index is 0.314. The molecule has 0 bridgehead atoms. The van der Waals surface area contributed by atoms with E-state index >= 15 is 0 Å². The van der Waals surface area contributed by atoms with Crippen LogP contribution in [-0.4, -0.2) is 11.2 Å². The van der Waals surface area contributed by atoms with E-state index in [9.17, 15) is 4.79 Å². The zero-order chi connectivity index (χ0) is 7.84. The number of pyridine rings is 1. The normalized spacial score (nSPS) is 14.4. The van der Waals surface area contributed by atoms with Crippen molar-refractivity contribution in [1.29, 1.82) is 0 Å². The van der Waals surface area contributed by atoms with Crippen LogP contribution in [0.25, 0.3) is 0 Å². The minimum Gasteiger partial charge on any atom is -0.457 e. The summed E-state index contributed by atoms with van der Waals surface area (Å²) in [5, 5.41) is 8.92. The quantitative estimate of drug-likeness (QED) is 0.320. The van der Waals surface area contributed by atoms with Crippen LogP contribution < -0.4 is 4.73 Å². The lowest BCUT2D eigenvalue weighted by Crippen LogP contribution is -2.29. The number of aromatic nitrogens is 1. The van der Waals surface area contributed by atoms with E-state index in [0.29, 0.717) is 12.2 Å². The van der Waals surface area contributed by atoms with Gasteiger partial charge in [-0.15, -0.1) is 0 Å². The van der Waals surface area contributed by atoms with Crippen LogP contribution in [0, 0.1) is 0 Å². The molecule has 2 heterocycles. The molecule has 0 aromatic carbocycles. The Bertz CT molecular complexity index is 321. The maximum absolute atomic E-state index is 10.9. The van der Waals surface area contributed by atoms with Crippen LogP contribution >= 0.6 is 0 Å². The summed E-state index contributed by atoms with van der Waals surface area (Å²) in [6.07, 6.45) is 2.80. The first-order valence-electron chi connectivity index (χ1n) is 3.18. The second kappa shape index (κ2) is 1.95. The van der Waals surface area contributed by atoms with Crippen LogP contribution in [0.1, 0.15) is 15.9 Å². The maximum atomic E-state index is 10.9. The molecule has 11 heavy (non-hydrogen) atoms. The number of ether oxygens (including phenoxy) is 1. The van der Waals surface area contributed by atoms with E-state index in [0.717, 1.165) is 10.3 Å². The second-order valence-corrected chi connectivity index (χ2v) is 2.34. The van der Waals surface area contributed by atoms with Gasteiger partial charge in [-0.1, -0.05) is 0 Å². The number of rotatable bonds is 0. The van der Waals surface area contributed by atoms with Crippen LogP contribution in [0.15, 0.2) is 18.5 Å². The first-order valence-corrected chi connectivity index (χ1v) is 3.18. The highest BCUT2D eigenvalue weighted by molar-refractivity contribution is 5.92. The Balaban J connectivity index is 2.60. The van der Waals surface area contributed by atoms with E-state index in [4.69, 9.17) is 9.94 Å². The van der Waals surface area contributed by atoms with Gasteiger partial charge in [0, 0.05) is 16.4 Å². The van der Waals surface area contributed by atoms with E-state index in [2.05, 4.69) is 0 Å². The molecule has 1 aromatic rings. The maximum Gasteiger partial charge on any atom is 0.345 e. The molecule has 0 atom stereocenters. The Hall–Kier alpha value is -1.58. The Kier molecular flexibility index (Phi) is 1.09. The predicted molar refractivity (Wildman–Crippen MR) is 32.9 cm³/mol. The van der Waals surface area contributed by atoms with Crippen molar-refractivity contribution in [2.75, 3.05) is 0 Å². The largest absolute Gasteiger partial charge is 0.457 e. The summed E-state index contributed by atoms with van der Waals surface area (Å²) in [5.41, 5.74) is 1.26. The molecule has 4 heteroatoms. The van der Waals surface area contributed by atoms with Crippen molar-refractivity contribution in [3.05, 3.63) is 29.6 Å². The Morgan fingerprint density at radius 1 is 1.64 bits per heavy atom. The summed E-state index contributed by atoms with van der Waals surface area (Å²) in [4.78, 5) is 10.9. The topological polar surface area (TPSA) is 50.4 Å². The first-order chi connectivity index (χ1) is 5.27. The zero-order valence-electron chi connectivity index (χ0n) is 5.65. The fraction of sp³-hybridized carbons (Fsp3) is 0.143. The summed E-state index contributed by atoms with van der Waals surface area (Å²) < 4.78 is 5.55. The molecule has 1 aromatic heterocycles. The highest BCUT2D eigenvalue weighted by Crippen LogP contribution is 2.16. The fourth-order valence-electron chi connectivity index (χ4n) is 1.05. The second-order valence-electron chi connectivity index (χ2n) is 2.34. The molecule has 0 saturated heterocycles. The van der Waals surface area contributed by atoms with Crippen molar-refractivity contribution < 1.29 is 19.5 Å². The third kappa shape index (κ3) is 0.832. The van der Waals surface area contributed by atoms with Gasteiger partial charge < -0.3 is 4.74 Å². The summed E-state index contributed by atoms with van der Waals surface area (Å²) in [7, 11) is 0. The molecular weight excluding hydrogens is 146 g/mol. The number of esters is 1. The number of cyclic esters (lactones) is 1. The molecule has 0 spiro atoms. The first kappa shape index (κ1) is 6.15. The Morgan fingerprint density at radius 3 is 3.27 bits per heavy atom. The predicted octanol–water partition coefficient (Wildman–Crippen LogP) is -0.118. The van der Waals surface area contributed by atoms with Crippen LogP contribution in [0.5, 0.6) is 0 Å². The van der Waals surface area contributed by atoms with E-state index in [-0.39, 0.29) is 5.97 Å². The molecule has 0 fully saturated rings. The lowest BCUT2D eigenvalue weighted by atomic mass is 10.2. The number of fused-ring (bicyclic) bond motifs is 1. The molecule has 2 rings (SSSR count). The van der Waals surface area contributed by atoms with Gasteiger partial charge in [-0.3, -0.25) is 5.21 Å². The average molecular weight is 152 g/mol. The molecule has 1 N–H and O–H groups in total. The van der Waals surface area contributed by atoms with Crippen molar-refractivity contribution in [2.24, 2.45) is 0 Å². The highest BCUT2D eigenvalue weighted by atomic mass is 16.5. The number of carbonyl (C=O) groups excluding carboxylic acids is 1. The van der Waals surface area contributed by atoms with E-state index in [1.165, 1.54) is 12.4 Å². The van der Waals surface area contributed by atoms with Crippen LogP contribution in [0.3, 0.4) is 0 Å². The summed E-state index contributed by atoms with van der Waals surface area (Å²) >= 11 is 0. The summed E-state index contributed by atoms with van der Waals surface area (Å²) in [5.74, 6) is -0.372. The molecule has 0 unspecified atom stereocenters. The van der Waals surface area contributed by atoms with Gasteiger partial charge in [0.15, 0.2) is 0 Å². The van der Waals surface area contributed by atoms with E-state index in [1.54, 1.807) is 6.07 Å². The standard InChI is InChI=1S/C7H6NO3/c9-7-6-3-8(10)2-1-5(6)4-11-7/h1-3,10H,4H2/q+1. The van der Waals surface area contributed by atoms with E-state index < -0.39 is 0 Å². The molecule has 56 valence electrons. The molecule has 1 aliphatic heterocycles. The number of hydrogen-bond acceptors (Lipinski definition) is 3. The van der Waals surface area contributed by atoms with Crippen molar-refractivity contribution in [2.45, 2.75) is 6.61 Å². The molecule has 1 aliphatic rings. The lowest BCUT2D eigenvalue weighted by Gasteiger charge is -1.86. The Labute approximate surface area is 62.6 Å². The summed E-state index contributed by atoms with van der Waals surface area (Å²) in [6.45, 7) is 0.314. The van der Waals surface area contributed by atoms with E-state index in [1.807, 2.05) is 0 Å². The van der Waals surface area contributed by atoms with Gasteiger partial charge in [0.25, 0.3) is 0 Å². The molecule has 0 radical (unpaired) electrons. The summed E-state index contributed by atoms with van der Waals surface area (Å²) in [6, 6.07) is 1.65. The van der Waals surface area contributed by atoms with Crippen molar-refractivity contribution >= 4 is 5.97 Å². The van der Waals surface area contributed by atoms with Gasteiger partial charge in [0.2, 0.25) is 12.4 Å². The van der Waals surface area contributed by atoms with Crippen molar-refractivity contribution in [3.8, 4) is 0 Å². The zero-order valence-corrected chi connectivity index (χ0v) is 5.65. The van der Waals surface area contributed by atoms with Crippen molar-refractivity contribution in [1.82, 2.24) is 0 Å². The van der Waals surface area contributed by atoms with Gasteiger partial charge in [0.05, 0.1) is 0 Å². The highest BCUT2D eigenvalue weighted by Gasteiger charge is 2.24. The monoisotopic (exact) mass is 152 g/mol. The lowest BCUT2D eigenvalue weighted by molar-refractivity contribution is -0.904. The molecule has 0 amide bonds. The van der Waals surface area contributed by atoms with Crippen molar-refractivity contribution in [3.63, 3.8) is 0 Å². The number of hydrogen-bond donors (Lipinski definition) is 1. The third-order valence-corrected chi connectivity index (χ3v) is 1.61. The van der Waals surface area contributed by atoms with Gasteiger partial charge in [-0.2, -0.15) is 0 Å².